The number of amides is 1. The van der Waals surface area contributed by atoms with Gasteiger partial charge in [-0.15, -0.1) is 6.42 Å². The Balaban J connectivity index is 1.41. The highest BCUT2D eigenvalue weighted by Gasteiger charge is 2.56. The van der Waals surface area contributed by atoms with Gasteiger partial charge in [-0.25, -0.2) is 9.50 Å². The predicted octanol–water partition coefficient (Wildman–Crippen LogP) is 2.63. The zero-order valence-electron chi connectivity index (χ0n) is 18.6. The van der Waals surface area contributed by atoms with Crippen molar-refractivity contribution in [3.63, 3.8) is 0 Å². The van der Waals surface area contributed by atoms with Crippen LogP contribution in [0.15, 0.2) is 36.8 Å². The SMILES string of the molecule is C#CC(=O)NC1(C)C2CC1CN(c1ccc(-c3cc(OCC)cn4ncc(C#N)c34)cn1)C2. The van der Waals surface area contributed by atoms with Gasteiger partial charge in [0.25, 0.3) is 5.91 Å². The topological polar surface area (TPSA) is 95.5 Å². The van der Waals surface area contributed by atoms with E-state index in [2.05, 4.69) is 34.2 Å². The van der Waals surface area contributed by atoms with E-state index in [1.165, 1.54) is 0 Å². The van der Waals surface area contributed by atoms with Crippen molar-refractivity contribution in [3.8, 4) is 35.3 Å². The maximum atomic E-state index is 11.8. The zero-order chi connectivity index (χ0) is 23.2. The van der Waals surface area contributed by atoms with Gasteiger partial charge in [0.15, 0.2) is 0 Å². The van der Waals surface area contributed by atoms with Crippen LogP contribution in [-0.2, 0) is 4.79 Å². The average Bonchev–Trinajstić information content (AvgIpc) is 3.27. The average molecular weight is 441 g/mol. The second-order valence-corrected chi connectivity index (χ2v) is 8.81. The van der Waals surface area contributed by atoms with Crippen molar-refractivity contribution in [2.24, 2.45) is 11.8 Å². The van der Waals surface area contributed by atoms with Crippen LogP contribution in [0.5, 0.6) is 5.75 Å². The minimum absolute atomic E-state index is 0.249. The Morgan fingerprint density at radius 1 is 1.36 bits per heavy atom. The third kappa shape index (κ3) is 3.35. The highest BCUT2D eigenvalue weighted by molar-refractivity contribution is 5.93. The molecule has 3 aliphatic rings. The lowest BCUT2D eigenvalue weighted by Crippen LogP contribution is -2.72. The molecule has 5 heterocycles. The molecule has 1 aliphatic carbocycles. The Hall–Kier alpha value is -4.04. The Morgan fingerprint density at radius 3 is 2.79 bits per heavy atom. The van der Waals surface area contributed by atoms with Crippen molar-refractivity contribution in [3.05, 3.63) is 42.4 Å². The fraction of sp³-hybridized carbons (Fsp3) is 0.360. The fourth-order valence-corrected chi connectivity index (χ4v) is 5.19. The number of anilines is 1. The third-order valence-electron chi connectivity index (χ3n) is 7.06. The summed E-state index contributed by atoms with van der Waals surface area (Å²) in [6, 6.07) is 8.16. The van der Waals surface area contributed by atoms with Crippen LogP contribution < -0.4 is 15.0 Å². The number of nitrogens with zero attached hydrogens (tertiary/aromatic N) is 5. The first-order valence-corrected chi connectivity index (χ1v) is 11.0. The minimum atomic E-state index is -0.347. The molecular weight excluding hydrogens is 416 g/mol. The van der Waals surface area contributed by atoms with Crippen molar-refractivity contribution in [1.29, 1.82) is 5.26 Å². The molecular formula is C25H24N6O2. The van der Waals surface area contributed by atoms with Gasteiger partial charge >= 0.3 is 0 Å². The van der Waals surface area contributed by atoms with Crippen LogP contribution >= 0.6 is 0 Å². The number of nitriles is 1. The van der Waals surface area contributed by atoms with E-state index in [9.17, 15) is 10.1 Å². The van der Waals surface area contributed by atoms with E-state index in [1.54, 1.807) is 16.9 Å². The quantitative estimate of drug-likeness (QED) is 0.613. The maximum absolute atomic E-state index is 11.8. The fourth-order valence-electron chi connectivity index (χ4n) is 5.19. The first-order chi connectivity index (χ1) is 16.0. The zero-order valence-corrected chi connectivity index (χ0v) is 18.6. The number of fused-ring (bicyclic) bond motifs is 3. The van der Waals surface area contributed by atoms with Gasteiger partial charge in [0.2, 0.25) is 0 Å². The molecule has 1 saturated carbocycles. The Morgan fingerprint density at radius 2 is 2.15 bits per heavy atom. The number of terminal acetylenes is 1. The summed E-state index contributed by atoms with van der Waals surface area (Å²) >= 11 is 0. The van der Waals surface area contributed by atoms with Gasteiger partial charge in [0.1, 0.15) is 17.6 Å². The molecule has 2 unspecified atom stereocenters. The van der Waals surface area contributed by atoms with Gasteiger partial charge in [0.05, 0.1) is 30.1 Å². The number of carbonyl (C=O) groups is 1. The molecule has 1 N–H and O–H groups in total. The number of hydrogen-bond acceptors (Lipinski definition) is 6. The number of ether oxygens (including phenoxy) is 1. The van der Waals surface area contributed by atoms with Crippen LogP contribution in [0.4, 0.5) is 5.82 Å². The molecule has 6 rings (SSSR count). The maximum Gasteiger partial charge on any atom is 0.296 e. The van der Waals surface area contributed by atoms with Gasteiger partial charge in [-0.3, -0.25) is 4.79 Å². The van der Waals surface area contributed by atoms with Gasteiger partial charge in [-0.05, 0) is 44.4 Å². The third-order valence-corrected chi connectivity index (χ3v) is 7.06. The highest BCUT2D eigenvalue weighted by Crippen LogP contribution is 2.49. The Kier molecular flexibility index (Phi) is 4.94. The second-order valence-electron chi connectivity index (χ2n) is 8.81. The summed E-state index contributed by atoms with van der Waals surface area (Å²) in [5.74, 6) is 4.06. The van der Waals surface area contributed by atoms with Crippen LogP contribution in [-0.4, -0.2) is 45.7 Å². The van der Waals surface area contributed by atoms with Crippen LogP contribution in [0.3, 0.4) is 0 Å². The van der Waals surface area contributed by atoms with E-state index in [0.717, 1.165) is 42.0 Å². The molecule has 2 atom stereocenters. The van der Waals surface area contributed by atoms with Crippen molar-refractivity contribution in [2.45, 2.75) is 25.8 Å². The number of piperidine rings is 2. The first kappa shape index (κ1) is 20.8. The lowest BCUT2D eigenvalue weighted by Gasteiger charge is -2.61. The van der Waals surface area contributed by atoms with E-state index in [-0.39, 0.29) is 11.4 Å². The van der Waals surface area contributed by atoms with Crippen molar-refractivity contribution in [2.75, 3.05) is 24.6 Å². The molecule has 33 heavy (non-hydrogen) atoms. The van der Waals surface area contributed by atoms with Crippen LogP contribution in [0.1, 0.15) is 25.8 Å². The minimum Gasteiger partial charge on any atom is -0.492 e. The number of hydrogen-bond donors (Lipinski definition) is 1. The molecule has 3 aromatic rings. The standard InChI is InChI=1S/C25H24N6O2/c1-4-23(32)29-25(3)18-8-19(25)14-30(13-18)22-7-6-16(11-27-22)21-9-20(33-5-2)15-31-24(21)17(10-26)12-28-31/h1,6-7,9,11-12,15,18-19H,5,8,13-14H2,2-3H3,(H,29,32). The van der Waals surface area contributed by atoms with Crippen molar-refractivity contribution in [1.82, 2.24) is 19.9 Å². The molecule has 2 saturated heterocycles. The van der Waals surface area contributed by atoms with E-state index < -0.39 is 0 Å². The molecule has 3 aromatic heterocycles. The van der Waals surface area contributed by atoms with E-state index >= 15 is 0 Å². The summed E-state index contributed by atoms with van der Waals surface area (Å²) in [4.78, 5) is 18.7. The Labute approximate surface area is 192 Å². The first-order valence-electron chi connectivity index (χ1n) is 11.0. The second kappa shape index (κ2) is 7.83. The molecule has 2 bridgehead atoms. The van der Waals surface area contributed by atoms with Gasteiger partial charge < -0.3 is 15.0 Å². The van der Waals surface area contributed by atoms with Gasteiger partial charge in [-0.1, -0.05) is 0 Å². The lowest BCUT2D eigenvalue weighted by atomic mass is 9.56. The van der Waals surface area contributed by atoms with E-state index in [4.69, 9.17) is 16.1 Å². The normalized spacial score (nSPS) is 23.3. The number of aromatic nitrogens is 3. The van der Waals surface area contributed by atoms with E-state index in [1.807, 2.05) is 31.3 Å². The summed E-state index contributed by atoms with van der Waals surface area (Å²) in [5.41, 5.74) is 2.72. The summed E-state index contributed by atoms with van der Waals surface area (Å²) in [7, 11) is 0. The summed E-state index contributed by atoms with van der Waals surface area (Å²) in [6.07, 6.45) is 11.5. The van der Waals surface area contributed by atoms with E-state index in [0.29, 0.717) is 29.8 Å². The van der Waals surface area contributed by atoms with Gasteiger partial charge in [0, 0.05) is 47.8 Å². The van der Waals surface area contributed by atoms with Crippen LogP contribution in [0.2, 0.25) is 0 Å². The molecule has 0 radical (unpaired) electrons. The highest BCUT2D eigenvalue weighted by atomic mass is 16.5. The van der Waals surface area contributed by atoms with Crippen LogP contribution in [0.25, 0.3) is 16.6 Å². The number of pyridine rings is 2. The number of carbonyl (C=O) groups excluding carboxylic acids is 1. The summed E-state index contributed by atoms with van der Waals surface area (Å²) < 4.78 is 7.37. The molecule has 166 valence electrons. The van der Waals surface area contributed by atoms with Crippen molar-refractivity contribution < 1.29 is 9.53 Å². The van der Waals surface area contributed by atoms with Gasteiger partial charge in [-0.2, -0.15) is 10.4 Å². The molecule has 0 aromatic carbocycles. The number of nitrogens with one attached hydrogen (secondary N) is 1. The smallest absolute Gasteiger partial charge is 0.296 e. The monoisotopic (exact) mass is 440 g/mol. The number of rotatable bonds is 5. The molecule has 0 spiro atoms. The molecule has 8 heteroatoms. The molecule has 8 nitrogen and oxygen atoms in total. The molecule has 1 amide bonds. The Bertz CT molecular complexity index is 1300. The largest absolute Gasteiger partial charge is 0.492 e. The summed E-state index contributed by atoms with van der Waals surface area (Å²) in [5, 5.41) is 16.9. The summed E-state index contributed by atoms with van der Waals surface area (Å²) in [6.45, 7) is 6.18. The van der Waals surface area contributed by atoms with Crippen molar-refractivity contribution >= 4 is 17.2 Å². The molecule has 2 aliphatic heterocycles. The lowest BCUT2D eigenvalue weighted by molar-refractivity contribution is -0.122. The van der Waals surface area contributed by atoms with Crippen LogP contribution in [0, 0.1) is 35.5 Å². The molecule has 3 fully saturated rings. The predicted molar refractivity (Wildman–Crippen MR) is 123 cm³/mol.